The Morgan fingerprint density at radius 1 is 0.960 bits per heavy atom. The molecule has 0 radical (unpaired) electrons. The van der Waals surface area contributed by atoms with Crippen molar-refractivity contribution in [2.24, 2.45) is 11.7 Å². The van der Waals surface area contributed by atoms with Gasteiger partial charge in [-0.1, -0.05) is 0 Å². The Morgan fingerprint density at radius 2 is 1.44 bits per heavy atom. The molecule has 2 amide bonds. The van der Waals surface area contributed by atoms with Crippen LogP contribution in [0.15, 0.2) is 0 Å². The smallest absolute Gasteiger partial charge is 0.379 e. The number of rotatable bonds is 16. The monoisotopic (exact) mass is 387 g/mol. The van der Waals surface area contributed by atoms with Crippen LogP contribution in [0.4, 0.5) is 0 Å². The van der Waals surface area contributed by atoms with Crippen LogP contribution in [0.3, 0.4) is 0 Å². The number of nitrogens with zero attached hydrogens (tertiary/aromatic N) is 1. The topological polar surface area (TPSA) is 91.1 Å². The molecule has 0 aromatic carbocycles. The minimum Gasteiger partial charge on any atom is -0.379 e. The van der Waals surface area contributed by atoms with E-state index < -0.39 is 11.8 Å². The van der Waals surface area contributed by atoms with Crippen molar-refractivity contribution in [2.45, 2.75) is 20.3 Å². The van der Waals surface area contributed by atoms with E-state index in [9.17, 15) is 9.59 Å². The number of ether oxygens (including phenoxy) is 3. The first-order valence-electron chi connectivity index (χ1n) is 8.38. The number of carbonyl (C=O) groups excluding carboxylic acids is 2. The number of hydrogen-bond acceptors (Lipinski definition) is 6. The Hall–Kier alpha value is 0.170. The Kier molecular flexibility index (Phi) is 20.8. The third kappa shape index (κ3) is 14.0. The molecule has 0 rings (SSSR count). The molecule has 25 heavy (non-hydrogen) atoms. The molecule has 0 spiro atoms. The maximum Gasteiger partial charge on any atom is 1.00 e. The molecule has 0 saturated heterocycles. The van der Waals surface area contributed by atoms with Crippen LogP contribution in [-0.4, -0.2) is 81.5 Å². The average molecular weight is 387 g/mol. The van der Waals surface area contributed by atoms with Crippen molar-refractivity contribution < 1.29 is 53.4 Å². The van der Waals surface area contributed by atoms with Gasteiger partial charge in [-0.15, -0.1) is 0 Å². The normalized spacial score (nSPS) is 11.6. The van der Waals surface area contributed by atoms with E-state index >= 15 is 0 Å². The standard InChI is InChI=1S/C16H32N2O5S.Na/c1-4-18(5-2)16(20)14(15(17)19)6-7-21-8-9-22-10-11-23-12-13-24-3;/h14H,4-13H2,1-3H3,(H2,17,19);/q;+1. The second-order valence-electron chi connectivity index (χ2n) is 5.08. The summed E-state index contributed by atoms with van der Waals surface area (Å²) in [6.45, 7) is 7.87. The third-order valence-electron chi connectivity index (χ3n) is 3.44. The number of hydrogen-bond donors (Lipinski definition) is 1. The van der Waals surface area contributed by atoms with Gasteiger partial charge in [-0.05, 0) is 26.5 Å². The molecule has 1 unspecified atom stereocenters. The van der Waals surface area contributed by atoms with Crippen molar-refractivity contribution in [2.75, 3.05) is 64.7 Å². The minimum atomic E-state index is -0.823. The number of thioether (sulfide) groups is 1. The first kappa shape index (κ1) is 27.4. The van der Waals surface area contributed by atoms with E-state index in [0.29, 0.717) is 52.5 Å². The van der Waals surface area contributed by atoms with Crippen molar-refractivity contribution in [1.29, 1.82) is 0 Å². The molecule has 0 aliphatic rings. The molecule has 0 bridgehead atoms. The van der Waals surface area contributed by atoms with Crippen LogP contribution in [0.1, 0.15) is 20.3 Å². The van der Waals surface area contributed by atoms with Gasteiger partial charge in [-0.25, -0.2) is 0 Å². The van der Waals surface area contributed by atoms with Gasteiger partial charge in [0.1, 0.15) is 5.92 Å². The van der Waals surface area contributed by atoms with E-state index in [1.807, 2.05) is 20.1 Å². The Morgan fingerprint density at radius 3 is 1.88 bits per heavy atom. The minimum absolute atomic E-state index is 0. The molecule has 0 saturated carbocycles. The number of amides is 2. The Balaban J connectivity index is 0. The largest absolute Gasteiger partial charge is 1.00 e. The van der Waals surface area contributed by atoms with E-state index in [4.69, 9.17) is 19.9 Å². The van der Waals surface area contributed by atoms with Crippen molar-refractivity contribution in [1.82, 2.24) is 4.90 Å². The van der Waals surface area contributed by atoms with Gasteiger partial charge in [0.15, 0.2) is 0 Å². The molecular formula is C16H32N2NaO5S+. The van der Waals surface area contributed by atoms with Gasteiger partial charge in [-0.3, -0.25) is 9.59 Å². The third-order valence-corrected chi connectivity index (χ3v) is 4.02. The quantitative estimate of drug-likeness (QED) is 0.183. The predicted octanol–water partition coefficient (Wildman–Crippen LogP) is -2.24. The Bertz CT molecular complexity index is 346. The zero-order valence-corrected chi connectivity index (χ0v) is 18.9. The molecule has 0 aromatic heterocycles. The number of primary amides is 1. The van der Waals surface area contributed by atoms with E-state index in [0.717, 1.165) is 12.4 Å². The molecule has 0 fully saturated rings. The summed E-state index contributed by atoms with van der Waals surface area (Å²) in [6.07, 6.45) is 2.33. The van der Waals surface area contributed by atoms with Gasteiger partial charge in [0.25, 0.3) is 0 Å². The summed E-state index contributed by atoms with van der Waals surface area (Å²) in [7, 11) is 0. The van der Waals surface area contributed by atoms with E-state index in [2.05, 4.69) is 0 Å². The molecule has 0 aromatic rings. The van der Waals surface area contributed by atoms with Crippen molar-refractivity contribution in [3.8, 4) is 0 Å². The molecule has 0 aliphatic heterocycles. The summed E-state index contributed by atoms with van der Waals surface area (Å²) < 4.78 is 16.1. The summed E-state index contributed by atoms with van der Waals surface area (Å²) in [6, 6.07) is 0. The second-order valence-corrected chi connectivity index (χ2v) is 6.07. The van der Waals surface area contributed by atoms with Crippen molar-refractivity contribution >= 4 is 23.6 Å². The number of nitrogens with two attached hydrogens (primary N) is 1. The zero-order valence-electron chi connectivity index (χ0n) is 16.1. The fraction of sp³-hybridized carbons (Fsp3) is 0.875. The fourth-order valence-corrected chi connectivity index (χ4v) is 2.31. The predicted molar refractivity (Wildman–Crippen MR) is 96.1 cm³/mol. The SMILES string of the molecule is CCN(CC)C(=O)C(CCOCCOCCOCCSC)C(N)=O.[Na+]. The number of carbonyl (C=O) groups is 2. The average Bonchev–Trinajstić information content (AvgIpc) is 2.56. The fourth-order valence-electron chi connectivity index (χ4n) is 2.03. The molecule has 2 N–H and O–H groups in total. The first-order chi connectivity index (χ1) is 11.6. The molecule has 9 heteroatoms. The maximum absolute atomic E-state index is 12.2. The summed E-state index contributed by atoms with van der Waals surface area (Å²) in [4.78, 5) is 25.3. The van der Waals surface area contributed by atoms with Crippen LogP contribution < -0.4 is 35.3 Å². The van der Waals surface area contributed by atoms with Gasteiger partial charge in [0.2, 0.25) is 11.8 Å². The molecule has 0 aliphatic carbocycles. The van der Waals surface area contributed by atoms with Crippen LogP contribution in [0.2, 0.25) is 0 Å². The molecule has 1 atom stereocenters. The van der Waals surface area contributed by atoms with E-state index in [1.165, 1.54) is 0 Å². The summed E-state index contributed by atoms with van der Waals surface area (Å²) in [5.41, 5.74) is 5.33. The van der Waals surface area contributed by atoms with Crippen LogP contribution in [0.25, 0.3) is 0 Å². The van der Waals surface area contributed by atoms with Crippen LogP contribution >= 0.6 is 11.8 Å². The van der Waals surface area contributed by atoms with Crippen molar-refractivity contribution in [3.63, 3.8) is 0 Å². The molecule has 142 valence electrons. The van der Waals surface area contributed by atoms with Gasteiger partial charge in [-0.2, -0.15) is 11.8 Å². The summed E-state index contributed by atoms with van der Waals surface area (Å²) in [5, 5.41) is 0. The van der Waals surface area contributed by atoms with E-state index in [-0.39, 0.29) is 35.5 Å². The van der Waals surface area contributed by atoms with Gasteiger partial charge < -0.3 is 24.8 Å². The van der Waals surface area contributed by atoms with E-state index in [1.54, 1.807) is 16.7 Å². The molecular weight excluding hydrogens is 355 g/mol. The van der Waals surface area contributed by atoms with Gasteiger partial charge >= 0.3 is 29.6 Å². The van der Waals surface area contributed by atoms with Crippen LogP contribution in [-0.2, 0) is 23.8 Å². The molecule has 7 nitrogen and oxygen atoms in total. The first-order valence-corrected chi connectivity index (χ1v) is 9.78. The summed E-state index contributed by atoms with van der Waals surface area (Å²) in [5.74, 6) is -0.671. The van der Waals surface area contributed by atoms with Gasteiger partial charge in [0.05, 0.1) is 33.0 Å². The zero-order chi connectivity index (χ0) is 18.2. The van der Waals surface area contributed by atoms with Crippen LogP contribution in [0.5, 0.6) is 0 Å². The van der Waals surface area contributed by atoms with Gasteiger partial charge in [0, 0.05) is 25.4 Å². The van der Waals surface area contributed by atoms with Crippen LogP contribution in [0, 0.1) is 5.92 Å². The van der Waals surface area contributed by atoms with Crippen molar-refractivity contribution in [3.05, 3.63) is 0 Å². The maximum atomic E-state index is 12.2. The second kappa shape index (κ2) is 18.9. The molecule has 0 heterocycles. The Labute approximate surface area is 178 Å². The summed E-state index contributed by atoms with van der Waals surface area (Å²) >= 11 is 1.74.